The lowest BCUT2D eigenvalue weighted by atomic mass is 9.86. The lowest BCUT2D eigenvalue weighted by Crippen LogP contribution is -2.47. The van der Waals surface area contributed by atoms with Crippen LogP contribution in [-0.4, -0.2) is 17.9 Å². The Hall–Kier alpha value is -2.83. The van der Waals surface area contributed by atoms with E-state index in [4.69, 9.17) is 0 Å². The molecule has 0 saturated heterocycles. The molecule has 2 rings (SSSR count). The summed E-state index contributed by atoms with van der Waals surface area (Å²) in [5.41, 5.74) is 0.865. The predicted molar refractivity (Wildman–Crippen MR) is 106 cm³/mol. The average molecular weight is 406 g/mol. The van der Waals surface area contributed by atoms with Crippen LogP contribution >= 0.6 is 0 Å². The third kappa shape index (κ3) is 5.37. The summed E-state index contributed by atoms with van der Waals surface area (Å²) in [7, 11) is 0. The molecule has 2 aromatic rings. The van der Waals surface area contributed by atoms with Crippen molar-refractivity contribution >= 4 is 17.5 Å². The van der Waals surface area contributed by atoms with Gasteiger partial charge in [0.15, 0.2) is 17.5 Å². The van der Waals surface area contributed by atoms with Gasteiger partial charge in [0.05, 0.1) is 5.69 Å². The molecule has 1 unspecified atom stereocenters. The molecule has 0 radical (unpaired) electrons. The highest BCUT2D eigenvalue weighted by Crippen LogP contribution is 2.23. The molecule has 0 aliphatic heterocycles. The fourth-order valence-electron chi connectivity index (χ4n) is 2.71. The second-order valence-electron chi connectivity index (χ2n) is 8.23. The third-order valence-corrected chi connectivity index (χ3v) is 4.54. The zero-order valence-corrected chi connectivity index (χ0v) is 17.1. The first-order valence-electron chi connectivity index (χ1n) is 9.27. The Morgan fingerprint density at radius 2 is 1.48 bits per heavy atom. The molecule has 0 spiro atoms. The summed E-state index contributed by atoms with van der Waals surface area (Å²) in [6, 6.07) is 7.66. The van der Waals surface area contributed by atoms with Crippen LogP contribution in [0.1, 0.15) is 50.5 Å². The van der Waals surface area contributed by atoms with E-state index in [0.717, 1.165) is 11.6 Å². The molecule has 1 atom stereocenters. The fourth-order valence-corrected chi connectivity index (χ4v) is 2.71. The standard InChI is InChI=1S/C22H25F3N2O2/c1-12(2)19(21(29)26-16-11-10-15(23)17(24)18(16)25)27-20(28)13-6-8-14(9-7-13)22(3,4)5/h6-12,19H,1-5H3,(H,26,29)(H,27,28). The van der Waals surface area contributed by atoms with E-state index in [0.29, 0.717) is 11.6 Å². The Morgan fingerprint density at radius 3 is 2.00 bits per heavy atom. The first-order valence-corrected chi connectivity index (χ1v) is 9.27. The molecule has 156 valence electrons. The lowest BCUT2D eigenvalue weighted by Gasteiger charge is -2.22. The third-order valence-electron chi connectivity index (χ3n) is 4.54. The maximum absolute atomic E-state index is 13.8. The molecule has 4 nitrogen and oxygen atoms in total. The van der Waals surface area contributed by atoms with Crippen LogP contribution in [0.25, 0.3) is 0 Å². The van der Waals surface area contributed by atoms with Gasteiger partial charge < -0.3 is 10.6 Å². The second kappa shape index (κ2) is 8.68. The Balaban J connectivity index is 2.16. The normalized spacial score (nSPS) is 12.6. The van der Waals surface area contributed by atoms with Crippen LogP contribution in [0.4, 0.5) is 18.9 Å². The van der Waals surface area contributed by atoms with Crippen LogP contribution in [0.15, 0.2) is 36.4 Å². The van der Waals surface area contributed by atoms with Crippen molar-refractivity contribution in [2.75, 3.05) is 5.32 Å². The molecule has 2 aromatic carbocycles. The number of carbonyl (C=O) groups excluding carboxylic acids is 2. The van der Waals surface area contributed by atoms with Gasteiger partial charge >= 0.3 is 0 Å². The van der Waals surface area contributed by atoms with E-state index in [-0.39, 0.29) is 11.3 Å². The van der Waals surface area contributed by atoms with E-state index in [1.54, 1.807) is 26.0 Å². The number of amides is 2. The van der Waals surface area contributed by atoms with Crippen molar-refractivity contribution in [1.82, 2.24) is 5.32 Å². The van der Waals surface area contributed by atoms with E-state index in [9.17, 15) is 22.8 Å². The average Bonchev–Trinajstić information content (AvgIpc) is 2.65. The van der Waals surface area contributed by atoms with Gasteiger partial charge in [-0.05, 0) is 41.2 Å². The monoisotopic (exact) mass is 406 g/mol. The van der Waals surface area contributed by atoms with Crippen molar-refractivity contribution in [2.45, 2.75) is 46.1 Å². The second-order valence-corrected chi connectivity index (χ2v) is 8.23. The molecular formula is C22H25F3N2O2. The number of anilines is 1. The number of hydrogen-bond acceptors (Lipinski definition) is 2. The van der Waals surface area contributed by atoms with Crippen molar-refractivity contribution in [2.24, 2.45) is 5.92 Å². The molecule has 0 fully saturated rings. The highest BCUT2D eigenvalue weighted by Gasteiger charge is 2.26. The van der Waals surface area contributed by atoms with Gasteiger partial charge in [-0.3, -0.25) is 9.59 Å². The number of nitrogens with one attached hydrogen (secondary N) is 2. The summed E-state index contributed by atoms with van der Waals surface area (Å²) >= 11 is 0. The van der Waals surface area contributed by atoms with Crippen molar-refractivity contribution in [3.05, 3.63) is 65.0 Å². The summed E-state index contributed by atoms with van der Waals surface area (Å²) in [5, 5.41) is 4.83. The molecule has 7 heteroatoms. The van der Waals surface area contributed by atoms with Gasteiger partial charge in [0.25, 0.3) is 5.91 Å². The van der Waals surface area contributed by atoms with Crippen molar-refractivity contribution < 1.29 is 22.8 Å². The van der Waals surface area contributed by atoms with Gasteiger partial charge in [-0.2, -0.15) is 0 Å². The zero-order valence-electron chi connectivity index (χ0n) is 17.1. The number of halogens is 3. The van der Waals surface area contributed by atoms with Gasteiger partial charge in [0, 0.05) is 5.56 Å². The van der Waals surface area contributed by atoms with Gasteiger partial charge in [0.2, 0.25) is 5.91 Å². The zero-order chi connectivity index (χ0) is 21.9. The molecule has 0 bridgehead atoms. The number of rotatable bonds is 5. The van der Waals surface area contributed by atoms with E-state index >= 15 is 0 Å². The Kier molecular flexibility index (Phi) is 6.72. The molecule has 2 amide bonds. The largest absolute Gasteiger partial charge is 0.340 e. The molecule has 0 saturated carbocycles. The summed E-state index contributed by atoms with van der Waals surface area (Å²) in [5.74, 6) is -6.06. The van der Waals surface area contributed by atoms with Crippen LogP contribution in [0.3, 0.4) is 0 Å². The SMILES string of the molecule is CC(C)C(NC(=O)c1ccc(C(C)(C)C)cc1)C(=O)Nc1ccc(F)c(F)c1F. The minimum Gasteiger partial charge on any atom is -0.340 e. The number of carbonyl (C=O) groups is 2. The highest BCUT2D eigenvalue weighted by molar-refractivity contribution is 6.01. The molecule has 0 aromatic heterocycles. The lowest BCUT2D eigenvalue weighted by molar-refractivity contribution is -0.118. The van der Waals surface area contributed by atoms with Crippen LogP contribution in [0, 0.1) is 23.4 Å². The van der Waals surface area contributed by atoms with Crippen molar-refractivity contribution in [1.29, 1.82) is 0 Å². The fraction of sp³-hybridized carbons (Fsp3) is 0.364. The molecule has 2 N–H and O–H groups in total. The molecule has 0 aliphatic rings. The smallest absolute Gasteiger partial charge is 0.251 e. The van der Waals surface area contributed by atoms with Crippen LogP contribution in [-0.2, 0) is 10.2 Å². The highest BCUT2D eigenvalue weighted by atomic mass is 19.2. The molecule has 0 aliphatic carbocycles. The van der Waals surface area contributed by atoms with Crippen LogP contribution in [0.2, 0.25) is 0 Å². The minimum atomic E-state index is -1.67. The Morgan fingerprint density at radius 1 is 0.897 bits per heavy atom. The molecule has 29 heavy (non-hydrogen) atoms. The summed E-state index contributed by atoms with van der Waals surface area (Å²) in [4.78, 5) is 25.1. The van der Waals surface area contributed by atoms with Crippen LogP contribution < -0.4 is 10.6 Å². The first kappa shape index (κ1) is 22.5. The van der Waals surface area contributed by atoms with Crippen LogP contribution in [0.5, 0.6) is 0 Å². The summed E-state index contributed by atoms with van der Waals surface area (Å²) in [6.45, 7) is 9.57. The summed E-state index contributed by atoms with van der Waals surface area (Å²) < 4.78 is 40.3. The van der Waals surface area contributed by atoms with Crippen molar-refractivity contribution in [3.8, 4) is 0 Å². The number of benzene rings is 2. The Bertz CT molecular complexity index is 904. The molecule has 0 heterocycles. The van der Waals surface area contributed by atoms with Gasteiger partial charge in [-0.25, -0.2) is 13.2 Å². The van der Waals surface area contributed by atoms with E-state index in [1.807, 2.05) is 12.1 Å². The van der Waals surface area contributed by atoms with E-state index in [2.05, 4.69) is 31.4 Å². The minimum absolute atomic E-state index is 0.0656. The maximum Gasteiger partial charge on any atom is 0.251 e. The first-order chi connectivity index (χ1) is 13.4. The maximum atomic E-state index is 13.8. The van der Waals surface area contributed by atoms with Crippen molar-refractivity contribution in [3.63, 3.8) is 0 Å². The predicted octanol–water partition coefficient (Wildman–Crippen LogP) is 4.79. The van der Waals surface area contributed by atoms with Gasteiger partial charge in [-0.1, -0.05) is 46.8 Å². The van der Waals surface area contributed by atoms with E-state index < -0.39 is 41.0 Å². The van der Waals surface area contributed by atoms with Gasteiger partial charge in [-0.15, -0.1) is 0 Å². The van der Waals surface area contributed by atoms with E-state index in [1.165, 1.54) is 0 Å². The number of hydrogen-bond donors (Lipinski definition) is 2. The van der Waals surface area contributed by atoms with Gasteiger partial charge in [0.1, 0.15) is 6.04 Å². The quantitative estimate of drug-likeness (QED) is 0.701. The Labute approximate surface area is 168 Å². The molecular weight excluding hydrogens is 381 g/mol. The topological polar surface area (TPSA) is 58.2 Å². The summed E-state index contributed by atoms with van der Waals surface area (Å²) in [6.07, 6.45) is 0.